The first-order valence-electron chi connectivity index (χ1n) is 2.76. The van der Waals surface area contributed by atoms with Gasteiger partial charge in [-0.25, -0.2) is 4.39 Å². The highest BCUT2D eigenvalue weighted by Gasteiger charge is 2.01. The summed E-state index contributed by atoms with van der Waals surface area (Å²) >= 11 is 7.16. The first kappa shape index (κ1) is 8.08. The zero-order valence-electron chi connectivity index (χ0n) is 5.36. The first-order chi connectivity index (χ1) is 4.61. The number of hydrogen-bond acceptors (Lipinski definition) is 1. The second kappa shape index (κ2) is 2.93. The van der Waals surface area contributed by atoms with Crippen LogP contribution in [-0.2, 0) is 0 Å². The Hall–Kier alpha value is -0.0200. The SMILES string of the molecule is Cc1cc(Br)cc(S)c1F. The van der Waals surface area contributed by atoms with Gasteiger partial charge in [-0.2, -0.15) is 0 Å². The molecule has 1 rings (SSSR count). The summed E-state index contributed by atoms with van der Waals surface area (Å²) in [6, 6.07) is 3.35. The maximum atomic E-state index is 12.8. The van der Waals surface area contributed by atoms with Crippen LogP contribution in [-0.4, -0.2) is 0 Å². The molecule has 10 heavy (non-hydrogen) atoms. The highest BCUT2D eigenvalue weighted by Crippen LogP contribution is 2.21. The van der Waals surface area contributed by atoms with Gasteiger partial charge in [0.2, 0.25) is 0 Å². The number of halogens is 2. The molecule has 0 spiro atoms. The van der Waals surface area contributed by atoms with Gasteiger partial charge in [0.05, 0.1) is 0 Å². The Bertz CT molecular complexity index is 237. The molecule has 0 unspecified atom stereocenters. The standard InChI is InChI=1S/C7H6BrFS/c1-4-2-5(8)3-6(10)7(4)9/h2-3,10H,1H3. The minimum absolute atomic E-state index is 0.244. The molecular weight excluding hydrogens is 215 g/mol. The maximum absolute atomic E-state index is 12.8. The second-order valence-corrected chi connectivity index (χ2v) is 3.45. The smallest absolute Gasteiger partial charge is 0.139 e. The first-order valence-corrected chi connectivity index (χ1v) is 4.00. The van der Waals surface area contributed by atoms with E-state index in [-0.39, 0.29) is 5.82 Å². The second-order valence-electron chi connectivity index (χ2n) is 2.06. The average Bonchev–Trinajstić information content (AvgIpc) is 1.82. The van der Waals surface area contributed by atoms with E-state index in [2.05, 4.69) is 28.6 Å². The van der Waals surface area contributed by atoms with Crippen LogP contribution in [0.4, 0.5) is 4.39 Å². The fourth-order valence-corrected chi connectivity index (χ4v) is 1.77. The monoisotopic (exact) mass is 220 g/mol. The van der Waals surface area contributed by atoms with E-state index in [9.17, 15) is 4.39 Å². The summed E-state index contributed by atoms with van der Waals surface area (Å²) in [7, 11) is 0. The normalized spacial score (nSPS) is 10.0. The number of benzene rings is 1. The molecule has 54 valence electrons. The van der Waals surface area contributed by atoms with Crippen molar-refractivity contribution in [3.8, 4) is 0 Å². The Labute approximate surface area is 73.0 Å². The third-order valence-electron chi connectivity index (χ3n) is 1.20. The number of thiol groups is 1. The Balaban J connectivity index is 3.31. The third-order valence-corrected chi connectivity index (χ3v) is 1.98. The van der Waals surface area contributed by atoms with Crippen molar-refractivity contribution in [1.29, 1.82) is 0 Å². The minimum atomic E-state index is -0.244. The Kier molecular flexibility index (Phi) is 2.36. The predicted octanol–water partition coefficient (Wildman–Crippen LogP) is 3.19. The van der Waals surface area contributed by atoms with Crippen molar-refractivity contribution in [1.82, 2.24) is 0 Å². The van der Waals surface area contributed by atoms with E-state index in [0.29, 0.717) is 10.5 Å². The van der Waals surface area contributed by atoms with Crippen molar-refractivity contribution in [2.24, 2.45) is 0 Å². The van der Waals surface area contributed by atoms with Gasteiger partial charge in [0, 0.05) is 9.37 Å². The summed E-state index contributed by atoms with van der Waals surface area (Å²) in [6.45, 7) is 1.71. The number of rotatable bonds is 0. The molecule has 0 radical (unpaired) electrons. The molecule has 0 amide bonds. The zero-order chi connectivity index (χ0) is 7.72. The van der Waals surface area contributed by atoms with Gasteiger partial charge in [-0.1, -0.05) is 15.9 Å². The lowest BCUT2D eigenvalue weighted by Crippen LogP contribution is -1.83. The molecule has 0 aliphatic heterocycles. The Morgan fingerprint density at radius 1 is 1.50 bits per heavy atom. The van der Waals surface area contributed by atoms with Crippen LogP contribution in [0, 0.1) is 12.7 Å². The van der Waals surface area contributed by atoms with Crippen LogP contribution in [0.25, 0.3) is 0 Å². The van der Waals surface area contributed by atoms with Crippen molar-refractivity contribution in [2.75, 3.05) is 0 Å². The lowest BCUT2D eigenvalue weighted by molar-refractivity contribution is 0.593. The number of aryl methyl sites for hydroxylation is 1. The van der Waals surface area contributed by atoms with Crippen LogP contribution in [0.3, 0.4) is 0 Å². The van der Waals surface area contributed by atoms with Gasteiger partial charge >= 0.3 is 0 Å². The van der Waals surface area contributed by atoms with Gasteiger partial charge in [0.1, 0.15) is 5.82 Å². The van der Waals surface area contributed by atoms with E-state index >= 15 is 0 Å². The minimum Gasteiger partial charge on any atom is -0.205 e. The summed E-state index contributed by atoms with van der Waals surface area (Å²) in [5, 5.41) is 0. The van der Waals surface area contributed by atoms with E-state index < -0.39 is 0 Å². The van der Waals surface area contributed by atoms with E-state index in [1.807, 2.05) is 0 Å². The molecule has 1 aromatic rings. The molecule has 0 heterocycles. The summed E-state index contributed by atoms with van der Waals surface area (Å²) in [6.07, 6.45) is 0. The van der Waals surface area contributed by atoms with Gasteiger partial charge in [0.25, 0.3) is 0 Å². The number of hydrogen-bond donors (Lipinski definition) is 1. The Morgan fingerprint density at radius 2 is 2.10 bits per heavy atom. The van der Waals surface area contributed by atoms with Crippen LogP contribution < -0.4 is 0 Å². The van der Waals surface area contributed by atoms with Crippen molar-refractivity contribution >= 4 is 28.6 Å². The average molecular weight is 221 g/mol. The highest BCUT2D eigenvalue weighted by molar-refractivity contribution is 9.10. The van der Waals surface area contributed by atoms with Crippen LogP contribution in [0.2, 0.25) is 0 Å². The molecule has 0 fully saturated rings. The molecule has 0 saturated carbocycles. The van der Waals surface area contributed by atoms with Gasteiger partial charge < -0.3 is 0 Å². The van der Waals surface area contributed by atoms with Gasteiger partial charge in [-0.05, 0) is 24.6 Å². The topological polar surface area (TPSA) is 0 Å². The molecule has 0 aliphatic carbocycles. The molecule has 1 aromatic carbocycles. The van der Waals surface area contributed by atoms with E-state index in [4.69, 9.17) is 0 Å². The summed E-state index contributed by atoms with van der Waals surface area (Å²) in [4.78, 5) is 0.381. The molecule has 3 heteroatoms. The largest absolute Gasteiger partial charge is 0.205 e. The highest BCUT2D eigenvalue weighted by atomic mass is 79.9. The maximum Gasteiger partial charge on any atom is 0.139 e. The Morgan fingerprint density at radius 3 is 2.60 bits per heavy atom. The van der Waals surface area contributed by atoms with Gasteiger partial charge in [-0.15, -0.1) is 12.6 Å². The lowest BCUT2D eigenvalue weighted by atomic mass is 10.2. The quantitative estimate of drug-likeness (QED) is 0.639. The molecular formula is C7H6BrFS. The van der Waals surface area contributed by atoms with E-state index in [1.54, 1.807) is 19.1 Å². The fraction of sp³-hybridized carbons (Fsp3) is 0.143. The van der Waals surface area contributed by atoms with E-state index in [0.717, 1.165) is 4.47 Å². The van der Waals surface area contributed by atoms with Crippen molar-refractivity contribution < 1.29 is 4.39 Å². The van der Waals surface area contributed by atoms with E-state index in [1.165, 1.54) is 0 Å². The molecule has 0 aromatic heterocycles. The molecule has 0 N–H and O–H groups in total. The van der Waals surface area contributed by atoms with Gasteiger partial charge in [-0.3, -0.25) is 0 Å². The summed E-state index contributed by atoms with van der Waals surface area (Å²) < 4.78 is 13.7. The molecule has 0 atom stereocenters. The van der Waals surface area contributed by atoms with Crippen molar-refractivity contribution in [2.45, 2.75) is 11.8 Å². The van der Waals surface area contributed by atoms with Crippen LogP contribution in [0.5, 0.6) is 0 Å². The predicted molar refractivity (Wildman–Crippen MR) is 46.1 cm³/mol. The molecule has 0 saturated heterocycles. The summed E-state index contributed by atoms with van der Waals surface area (Å²) in [5.74, 6) is -0.244. The molecule has 0 nitrogen and oxygen atoms in total. The lowest BCUT2D eigenvalue weighted by Gasteiger charge is -1.99. The van der Waals surface area contributed by atoms with Crippen LogP contribution in [0.15, 0.2) is 21.5 Å². The third kappa shape index (κ3) is 1.52. The zero-order valence-corrected chi connectivity index (χ0v) is 7.84. The fourth-order valence-electron chi connectivity index (χ4n) is 0.708. The van der Waals surface area contributed by atoms with Crippen molar-refractivity contribution in [3.63, 3.8) is 0 Å². The van der Waals surface area contributed by atoms with Crippen LogP contribution in [0.1, 0.15) is 5.56 Å². The summed E-state index contributed by atoms with van der Waals surface area (Å²) in [5.41, 5.74) is 0.611. The molecule has 0 aliphatic rings. The molecule has 0 bridgehead atoms. The van der Waals surface area contributed by atoms with Gasteiger partial charge in [0.15, 0.2) is 0 Å². The van der Waals surface area contributed by atoms with Crippen LogP contribution >= 0.6 is 28.6 Å². The van der Waals surface area contributed by atoms with Crippen molar-refractivity contribution in [3.05, 3.63) is 28.0 Å².